The first-order valence-electron chi connectivity index (χ1n) is 18.1. The summed E-state index contributed by atoms with van der Waals surface area (Å²) >= 11 is 0. The van der Waals surface area contributed by atoms with Gasteiger partial charge >= 0.3 is 0 Å². The van der Waals surface area contributed by atoms with Crippen molar-refractivity contribution in [2.45, 2.75) is 95.5 Å². The molecule has 9 heteroatoms. The van der Waals surface area contributed by atoms with Crippen molar-refractivity contribution in [1.82, 2.24) is 0 Å². The van der Waals surface area contributed by atoms with Crippen molar-refractivity contribution in [2.75, 3.05) is 0 Å². The molecule has 0 saturated carbocycles. The topological polar surface area (TPSA) is 118 Å². The minimum absolute atomic E-state index is 0. The fraction of sp³-hybridized carbons (Fsp3) is 0.391. The van der Waals surface area contributed by atoms with E-state index in [-0.39, 0.29) is 61.8 Å². The molecule has 299 valence electrons. The number of nitrogens with zero attached hydrogens (tertiary/aromatic N) is 2. The molecule has 0 bridgehead atoms. The van der Waals surface area contributed by atoms with Gasteiger partial charge in [0.15, 0.2) is 11.6 Å². The zero-order valence-electron chi connectivity index (χ0n) is 34.4. The fourth-order valence-corrected chi connectivity index (χ4v) is 5.80. The van der Waals surface area contributed by atoms with Gasteiger partial charge in [-0.1, -0.05) is 121 Å². The third-order valence-corrected chi connectivity index (χ3v) is 8.77. The Morgan fingerprint density at radius 3 is 1.00 bits per heavy atom. The molecule has 2 aromatic carbocycles. The van der Waals surface area contributed by atoms with Crippen molar-refractivity contribution in [3.05, 3.63) is 132 Å². The molecule has 2 aliphatic rings. The number of allylic oxidation sites excluding steroid dienone is 8. The average molecular weight is 799 g/mol. The van der Waals surface area contributed by atoms with Gasteiger partial charge in [0.2, 0.25) is 12.5 Å². The maximum absolute atomic E-state index is 13.0. The quantitative estimate of drug-likeness (QED) is 0.156. The number of phenolic OH excluding ortho intramolecular Hbond substituents is 2. The van der Waals surface area contributed by atoms with Crippen LogP contribution in [0.25, 0.3) is 0 Å². The van der Waals surface area contributed by atoms with Crippen molar-refractivity contribution < 1.29 is 46.3 Å². The minimum Gasteiger partial charge on any atom is -0.507 e. The molecule has 0 fully saturated rings. The van der Waals surface area contributed by atoms with Gasteiger partial charge in [-0.2, -0.15) is 0 Å². The van der Waals surface area contributed by atoms with Gasteiger partial charge in [0.25, 0.3) is 0 Å². The van der Waals surface area contributed by atoms with Crippen LogP contribution in [0, 0.1) is 21.7 Å². The van der Waals surface area contributed by atoms with E-state index >= 15 is 0 Å². The first kappa shape index (κ1) is 46.4. The number of aromatic hydroxyl groups is 2. The minimum atomic E-state index is -0.748. The summed E-state index contributed by atoms with van der Waals surface area (Å²) in [5, 5.41) is 20.3. The maximum atomic E-state index is 13.0. The molecule has 2 unspecified atom stereocenters. The van der Waals surface area contributed by atoms with Gasteiger partial charge in [-0.05, 0) is 70.2 Å². The van der Waals surface area contributed by atoms with Crippen LogP contribution in [0.5, 0.6) is 11.5 Å². The van der Waals surface area contributed by atoms with E-state index < -0.39 is 12.5 Å². The van der Waals surface area contributed by atoms with Gasteiger partial charge in [0, 0.05) is 39.4 Å². The van der Waals surface area contributed by atoms with Crippen molar-refractivity contribution in [3.8, 4) is 11.5 Å². The van der Waals surface area contributed by atoms with Gasteiger partial charge in [-0.25, -0.2) is 9.98 Å². The monoisotopic (exact) mass is 797 g/mol. The molecule has 2 aliphatic carbocycles. The van der Waals surface area contributed by atoms with Crippen molar-refractivity contribution in [2.24, 2.45) is 31.6 Å². The number of ketones is 2. The SMILES string of the molecule is C=COC(N=C1C=C(C(C)(C)C)C(=O)C(C(C)(C)C)=C1)c1ccccc1O.C=COC(N=C1C=C(C(C)(C)C)C(=O)C(C(C)(C)C)=C1)c1ccccc1O.[Cu]. The Morgan fingerprint density at radius 1 is 0.527 bits per heavy atom. The van der Waals surface area contributed by atoms with E-state index in [4.69, 9.17) is 9.47 Å². The number of phenols is 2. The van der Waals surface area contributed by atoms with Crippen LogP contribution < -0.4 is 0 Å². The van der Waals surface area contributed by atoms with E-state index in [2.05, 4.69) is 23.1 Å². The summed E-state index contributed by atoms with van der Waals surface area (Å²) in [6.45, 7) is 31.4. The van der Waals surface area contributed by atoms with E-state index in [1.165, 1.54) is 12.5 Å². The van der Waals surface area contributed by atoms with Crippen LogP contribution in [0.15, 0.2) is 131 Å². The van der Waals surface area contributed by atoms with E-state index in [1.807, 2.05) is 120 Å². The summed E-state index contributed by atoms with van der Waals surface area (Å²) in [6, 6.07) is 13.8. The van der Waals surface area contributed by atoms with Gasteiger partial charge in [0.05, 0.1) is 35.1 Å². The van der Waals surface area contributed by atoms with E-state index in [0.29, 0.717) is 44.8 Å². The Balaban J connectivity index is 0.000000373. The number of hydrogen-bond donors (Lipinski definition) is 2. The number of rotatable bonds is 8. The number of carbonyl (C=O) groups excluding carboxylic acids is 2. The smallest absolute Gasteiger partial charge is 0.218 e. The van der Waals surface area contributed by atoms with Crippen molar-refractivity contribution in [3.63, 3.8) is 0 Å². The molecule has 55 heavy (non-hydrogen) atoms. The Hall–Kier alpha value is -4.72. The molecule has 0 amide bonds. The van der Waals surface area contributed by atoms with Gasteiger partial charge in [-0.3, -0.25) is 9.59 Å². The number of carbonyl (C=O) groups is 2. The second-order valence-corrected chi connectivity index (χ2v) is 17.4. The zero-order chi connectivity index (χ0) is 40.8. The number of Topliss-reactive ketones (excluding diaryl/α,β-unsaturated/α-hetero) is 2. The summed E-state index contributed by atoms with van der Waals surface area (Å²) in [4.78, 5) is 35.4. The molecular formula is C46H58CuN2O6. The molecule has 0 heterocycles. The number of benzene rings is 2. The van der Waals surface area contributed by atoms with Crippen LogP contribution in [0.4, 0.5) is 0 Å². The van der Waals surface area contributed by atoms with Crippen LogP contribution >= 0.6 is 0 Å². The Morgan fingerprint density at radius 2 is 0.782 bits per heavy atom. The van der Waals surface area contributed by atoms with Crippen LogP contribution in [0.3, 0.4) is 0 Å². The summed E-state index contributed by atoms with van der Waals surface area (Å²) in [5.41, 5.74) is 3.95. The molecule has 1 radical (unpaired) electrons. The first-order chi connectivity index (χ1) is 24.9. The second kappa shape index (κ2) is 18.3. The normalized spacial score (nSPS) is 16.1. The number of para-hydroxylation sites is 2. The molecule has 0 aliphatic heterocycles. The van der Waals surface area contributed by atoms with E-state index in [9.17, 15) is 19.8 Å². The van der Waals surface area contributed by atoms with Gasteiger partial charge < -0.3 is 19.7 Å². The van der Waals surface area contributed by atoms with Crippen molar-refractivity contribution >= 4 is 23.0 Å². The Bertz CT molecular complexity index is 1740. The second-order valence-electron chi connectivity index (χ2n) is 17.4. The Labute approximate surface area is 338 Å². The number of aliphatic imine (C=N–C) groups is 2. The summed E-state index contributed by atoms with van der Waals surface area (Å²) in [5.74, 6) is 0.302. The molecule has 2 aromatic rings. The van der Waals surface area contributed by atoms with Crippen LogP contribution in [-0.4, -0.2) is 33.2 Å². The maximum Gasteiger partial charge on any atom is 0.218 e. The molecule has 0 spiro atoms. The molecular weight excluding hydrogens is 740 g/mol. The predicted molar refractivity (Wildman–Crippen MR) is 219 cm³/mol. The van der Waals surface area contributed by atoms with Gasteiger partial charge in [0.1, 0.15) is 11.5 Å². The van der Waals surface area contributed by atoms with Crippen LogP contribution in [0.1, 0.15) is 107 Å². The fourth-order valence-electron chi connectivity index (χ4n) is 5.80. The van der Waals surface area contributed by atoms with Gasteiger partial charge in [-0.15, -0.1) is 0 Å². The largest absolute Gasteiger partial charge is 0.507 e. The van der Waals surface area contributed by atoms with Crippen LogP contribution in [0.2, 0.25) is 0 Å². The molecule has 0 aromatic heterocycles. The zero-order valence-corrected chi connectivity index (χ0v) is 35.3. The molecule has 2 atom stereocenters. The average Bonchev–Trinajstić information content (AvgIpc) is 3.04. The number of ether oxygens (including phenoxy) is 2. The molecule has 4 rings (SSSR count). The standard InChI is InChI=1S/2C23H29NO3.Cu/c2*1-8-27-21(16-11-9-10-12-19(16)25)24-15-13-17(22(2,3)4)20(26)18(14-15)23(5,6)7;/h2*8-14,21,25H,1H2,2-7H3;. The first-order valence-corrected chi connectivity index (χ1v) is 18.1. The van der Waals surface area contributed by atoms with Crippen molar-refractivity contribution in [1.29, 1.82) is 0 Å². The number of hydrogen-bond acceptors (Lipinski definition) is 8. The summed E-state index contributed by atoms with van der Waals surface area (Å²) in [6.07, 6.45) is 8.38. The van der Waals surface area contributed by atoms with Crippen LogP contribution in [-0.2, 0) is 36.1 Å². The summed E-state index contributed by atoms with van der Waals surface area (Å²) < 4.78 is 11.1. The Kier molecular flexibility index (Phi) is 15.4. The third kappa shape index (κ3) is 12.1. The van der Waals surface area contributed by atoms with E-state index in [1.54, 1.807) is 36.4 Å². The molecule has 8 nitrogen and oxygen atoms in total. The molecule has 0 saturated heterocycles. The third-order valence-electron chi connectivity index (χ3n) is 8.77. The summed E-state index contributed by atoms with van der Waals surface area (Å²) in [7, 11) is 0. The predicted octanol–water partition coefficient (Wildman–Crippen LogP) is 11.0. The van der Waals surface area contributed by atoms with E-state index in [0.717, 1.165) is 0 Å². The molecule has 2 N–H and O–H groups in total.